The van der Waals surface area contributed by atoms with Crippen LogP contribution in [-0.4, -0.2) is 32.4 Å². The molecule has 0 spiro atoms. The first kappa shape index (κ1) is 12.2. The second-order valence-corrected chi connectivity index (χ2v) is 3.15. The fourth-order valence-corrected chi connectivity index (χ4v) is 1.50. The molecule has 1 rings (SSSR count). The number of carbonyl (C=O) groups excluding carboxylic acids is 1. The first-order valence-corrected chi connectivity index (χ1v) is 4.59. The number of phenols is 1. The van der Waals surface area contributed by atoms with Crippen LogP contribution in [0, 0.1) is 6.92 Å². The molecular weight excluding hydrogens is 212 g/mol. The summed E-state index contributed by atoms with van der Waals surface area (Å²) in [6, 6.07) is 1.42. The van der Waals surface area contributed by atoms with Gasteiger partial charge in [-0.3, -0.25) is 0 Å². The van der Waals surface area contributed by atoms with E-state index in [0.717, 1.165) is 0 Å². The van der Waals surface area contributed by atoms with E-state index in [-0.39, 0.29) is 22.8 Å². The van der Waals surface area contributed by atoms with Gasteiger partial charge in [0.15, 0.2) is 11.5 Å². The number of aromatic hydroxyl groups is 1. The lowest BCUT2D eigenvalue weighted by molar-refractivity contribution is 0.0595. The Morgan fingerprint density at radius 1 is 1.19 bits per heavy atom. The standard InChI is InChI=1S/C11H14O5/c1-6-5-7(12)9(14-2)10(15-3)8(6)11(13)16-4/h5,12H,1-4H3. The van der Waals surface area contributed by atoms with Crippen molar-refractivity contribution in [3.05, 3.63) is 17.2 Å². The van der Waals surface area contributed by atoms with Crippen molar-refractivity contribution in [1.29, 1.82) is 0 Å². The van der Waals surface area contributed by atoms with E-state index in [2.05, 4.69) is 4.74 Å². The minimum atomic E-state index is -0.535. The summed E-state index contributed by atoms with van der Waals surface area (Å²) in [5.41, 5.74) is 0.807. The molecule has 1 aromatic carbocycles. The van der Waals surface area contributed by atoms with E-state index in [1.807, 2.05) is 0 Å². The summed E-state index contributed by atoms with van der Waals surface area (Å²) in [6.45, 7) is 1.67. The van der Waals surface area contributed by atoms with Crippen molar-refractivity contribution >= 4 is 5.97 Å². The van der Waals surface area contributed by atoms with Crippen LogP contribution in [0.3, 0.4) is 0 Å². The van der Waals surface area contributed by atoms with Gasteiger partial charge in [0.25, 0.3) is 0 Å². The Morgan fingerprint density at radius 2 is 1.75 bits per heavy atom. The third-order valence-electron chi connectivity index (χ3n) is 2.21. The minimum absolute atomic E-state index is 0.0792. The lowest BCUT2D eigenvalue weighted by Crippen LogP contribution is -2.07. The summed E-state index contributed by atoms with van der Waals surface area (Å²) in [5, 5.41) is 9.63. The van der Waals surface area contributed by atoms with Crippen molar-refractivity contribution in [2.24, 2.45) is 0 Å². The number of carbonyl (C=O) groups is 1. The lowest BCUT2D eigenvalue weighted by Gasteiger charge is -2.14. The molecule has 0 amide bonds. The molecule has 5 nitrogen and oxygen atoms in total. The average Bonchev–Trinajstić information content (AvgIpc) is 2.27. The zero-order valence-corrected chi connectivity index (χ0v) is 9.66. The third-order valence-corrected chi connectivity index (χ3v) is 2.21. The van der Waals surface area contributed by atoms with Crippen molar-refractivity contribution in [3.8, 4) is 17.2 Å². The van der Waals surface area contributed by atoms with E-state index in [4.69, 9.17) is 9.47 Å². The van der Waals surface area contributed by atoms with Crippen molar-refractivity contribution in [3.63, 3.8) is 0 Å². The molecule has 0 fully saturated rings. The van der Waals surface area contributed by atoms with E-state index in [1.165, 1.54) is 27.4 Å². The van der Waals surface area contributed by atoms with Crippen molar-refractivity contribution in [2.75, 3.05) is 21.3 Å². The molecule has 16 heavy (non-hydrogen) atoms. The molecule has 0 radical (unpaired) electrons. The maximum Gasteiger partial charge on any atom is 0.342 e. The lowest BCUT2D eigenvalue weighted by atomic mass is 10.1. The molecule has 1 aromatic rings. The Balaban J connectivity index is 3.52. The quantitative estimate of drug-likeness (QED) is 0.791. The molecule has 0 aromatic heterocycles. The van der Waals surface area contributed by atoms with Gasteiger partial charge in [0.05, 0.1) is 21.3 Å². The number of ether oxygens (including phenoxy) is 3. The zero-order chi connectivity index (χ0) is 12.3. The Morgan fingerprint density at radius 3 is 2.19 bits per heavy atom. The molecule has 0 heterocycles. The van der Waals surface area contributed by atoms with Gasteiger partial charge in [-0.25, -0.2) is 4.79 Å². The molecule has 0 unspecified atom stereocenters. The molecule has 88 valence electrons. The molecule has 0 aliphatic carbocycles. The van der Waals surface area contributed by atoms with Crippen LogP contribution in [0.2, 0.25) is 0 Å². The summed E-state index contributed by atoms with van der Waals surface area (Å²) in [7, 11) is 4.05. The summed E-state index contributed by atoms with van der Waals surface area (Å²) in [5.74, 6) is -0.322. The number of hydrogen-bond donors (Lipinski definition) is 1. The van der Waals surface area contributed by atoms with Crippen molar-refractivity contribution in [2.45, 2.75) is 6.92 Å². The van der Waals surface area contributed by atoms with Crippen molar-refractivity contribution < 1.29 is 24.1 Å². The highest BCUT2D eigenvalue weighted by atomic mass is 16.5. The van der Waals surface area contributed by atoms with Gasteiger partial charge in [-0.05, 0) is 18.6 Å². The van der Waals surface area contributed by atoms with E-state index >= 15 is 0 Å². The molecular formula is C11H14O5. The predicted molar refractivity (Wildman–Crippen MR) is 57.3 cm³/mol. The van der Waals surface area contributed by atoms with Crippen LogP contribution in [0.1, 0.15) is 15.9 Å². The smallest absolute Gasteiger partial charge is 0.342 e. The Labute approximate surface area is 93.6 Å². The Kier molecular flexibility index (Phi) is 3.60. The van der Waals surface area contributed by atoms with Gasteiger partial charge in [-0.2, -0.15) is 0 Å². The van der Waals surface area contributed by atoms with Gasteiger partial charge >= 0.3 is 5.97 Å². The number of benzene rings is 1. The van der Waals surface area contributed by atoms with Gasteiger partial charge in [0, 0.05) is 0 Å². The SMILES string of the molecule is COC(=O)c1c(C)cc(O)c(OC)c1OC. The maximum atomic E-state index is 11.6. The zero-order valence-electron chi connectivity index (χ0n) is 9.66. The second kappa shape index (κ2) is 4.74. The van der Waals surface area contributed by atoms with Crippen LogP contribution in [0.4, 0.5) is 0 Å². The van der Waals surface area contributed by atoms with E-state index in [9.17, 15) is 9.90 Å². The second-order valence-electron chi connectivity index (χ2n) is 3.15. The first-order valence-electron chi connectivity index (χ1n) is 4.59. The number of phenolic OH excluding ortho intramolecular Hbond substituents is 1. The fraction of sp³-hybridized carbons (Fsp3) is 0.364. The molecule has 5 heteroatoms. The molecule has 0 bridgehead atoms. The van der Waals surface area contributed by atoms with Crippen LogP contribution < -0.4 is 9.47 Å². The summed E-state index contributed by atoms with van der Waals surface area (Å²) < 4.78 is 14.7. The minimum Gasteiger partial charge on any atom is -0.504 e. The Bertz CT molecular complexity index is 411. The highest BCUT2D eigenvalue weighted by Crippen LogP contribution is 2.41. The highest BCUT2D eigenvalue weighted by Gasteiger charge is 2.23. The van der Waals surface area contributed by atoms with Crippen molar-refractivity contribution in [1.82, 2.24) is 0 Å². The van der Waals surface area contributed by atoms with Gasteiger partial charge in [-0.15, -0.1) is 0 Å². The third kappa shape index (κ3) is 1.88. The summed E-state index contributed by atoms with van der Waals surface area (Å²) in [6.07, 6.45) is 0. The molecule has 0 saturated carbocycles. The Hall–Kier alpha value is -1.91. The molecule has 0 aliphatic heterocycles. The number of esters is 1. The molecule has 1 N–H and O–H groups in total. The number of aryl methyl sites for hydroxylation is 1. The van der Waals surface area contributed by atoms with E-state index in [1.54, 1.807) is 6.92 Å². The van der Waals surface area contributed by atoms with Crippen LogP contribution in [-0.2, 0) is 4.74 Å². The normalized spacial score (nSPS) is 9.75. The van der Waals surface area contributed by atoms with E-state index in [0.29, 0.717) is 5.56 Å². The molecule has 0 atom stereocenters. The summed E-state index contributed by atoms with van der Waals surface area (Å²) in [4.78, 5) is 11.6. The molecule has 0 aliphatic rings. The van der Waals surface area contributed by atoms with Gasteiger partial charge in [0.1, 0.15) is 5.56 Å². The van der Waals surface area contributed by atoms with Crippen LogP contribution in [0.5, 0.6) is 17.2 Å². The monoisotopic (exact) mass is 226 g/mol. The first-order chi connectivity index (χ1) is 7.56. The van der Waals surface area contributed by atoms with Gasteiger partial charge in [-0.1, -0.05) is 0 Å². The largest absolute Gasteiger partial charge is 0.504 e. The van der Waals surface area contributed by atoms with Crippen LogP contribution in [0.25, 0.3) is 0 Å². The predicted octanol–water partition coefficient (Wildman–Crippen LogP) is 1.50. The summed E-state index contributed by atoms with van der Waals surface area (Å²) >= 11 is 0. The van der Waals surface area contributed by atoms with Gasteiger partial charge in [0.2, 0.25) is 5.75 Å². The highest BCUT2D eigenvalue weighted by molar-refractivity contribution is 5.95. The fourth-order valence-electron chi connectivity index (χ4n) is 1.50. The number of hydrogen-bond acceptors (Lipinski definition) is 5. The van der Waals surface area contributed by atoms with Gasteiger partial charge < -0.3 is 19.3 Å². The molecule has 0 saturated heterocycles. The van der Waals surface area contributed by atoms with E-state index < -0.39 is 5.97 Å². The van der Waals surface area contributed by atoms with Crippen LogP contribution >= 0.6 is 0 Å². The number of rotatable bonds is 3. The van der Waals surface area contributed by atoms with Crippen LogP contribution in [0.15, 0.2) is 6.07 Å². The maximum absolute atomic E-state index is 11.6. The average molecular weight is 226 g/mol. The topological polar surface area (TPSA) is 65.0 Å². The number of methoxy groups -OCH3 is 3.